The number of benzene rings is 1. The molecule has 9 nitrogen and oxygen atoms in total. The number of rotatable bonds is 5. The first-order valence-electron chi connectivity index (χ1n) is 6.59. The first-order chi connectivity index (χ1) is 10.4. The van der Waals surface area contributed by atoms with Crippen LogP contribution in [0.25, 0.3) is 0 Å². The normalized spacial score (nSPS) is 31.9. The van der Waals surface area contributed by atoms with Crippen molar-refractivity contribution in [3.8, 4) is 0 Å². The minimum absolute atomic E-state index is 0.0271. The van der Waals surface area contributed by atoms with Gasteiger partial charge in [0.25, 0.3) is 5.69 Å². The molecule has 22 heavy (non-hydrogen) atoms. The number of ether oxygens (including phenoxy) is 2. The number of nitro groups is 1. The van der Waals surface area contributed by atoms with E-state index in [2.05, 4.69) is 0 Å². The van der Waals surface area contributed by atoms with Crippen LogP contribution in [0.4, 0.5) is 5.69 Å². The van der Waals surface area contributed by atoms with Crippen molar-refractivity contribution in [1.82, 2.24) is 0 Å². The summed E-state index contributed by atoms with van der Waals surface area (Å²) in [7, 11) is 0. The maximum absolute atomic E-state index is 10.5. The van der Waals surface area contributed by atoms with E-state index in [0.29, 0.717) is 5.56 Å². The van der Waals surface area contributed by atoms with Crippen LogP contribution < -0.4 is 0 Å². The molecule has 0 saturated carbocycles. The number of nitrogens with zero attached hydrogens (tertiary/aromatic N) is 1. The van der Waals surface area contributed by atoms with Crippen LogP contribution >= 0.6 is 0 Å². The molecule has 1 saturated heterocycles. The van der Waals surface area contributed by atoms with E-state index < -0.39 is 42.2 Å². The molecule has 1 fully saturated rings. The third-order valence-electron chi connectivity index (χ3n) is 3.41. The molecule has 0 radical (unpaired) electrons. The van der Waals surface area contributed by atoms with Gasteiger partial charge in [0.1, 0.15) is 24.4 Å². The minimum Gasteiger partial charge on any atom is -0.394 e. The lowest BCUT2D eigenvalue weighted by atomic mass is 9.99. The van der Waals surface area contributed by atoms with Gasteiger partial charge in [0.2, 0.25) is 0 Å². The fraction of sp³-hybridized carbons (Fsp3) is 0.538. The Morgan fingerprint density at radius 2 is 1.77 bits per heavy atom. The van der Waals surface area contributed by atoms with Gasteiger partial charge in [0.15, 0.2) is 6.29 Å². The highest BCUT2D eigenvalue weighted by molar-refractivity contribution is 5.32. The number of hydrogen-bond donors (Lipinski definition) is 4. The highest BCUT2D eigenvalue weighted by atomic mass is 16.7. The summed E-state index contributed by atoms with van der Waals surface area (Å²) in [5, 5.41) is 48.6. The highest BCUT2D eigenvalue weighted by Gasteiger charge is 2.43. The van der Waals surface area contributed by atoms with Gasteiger partial charge in [-0.05, 0) is 17.7 Å². The van der Waals surface area contributed by atoms with E-state index in [4.69, 9.17) is 14.6 Å². The molecule has 2 rings (SSSR count). The standard InChI is InChI=1S/C13H17NO8/c15-5-9-10(16)11(17)12(18)13(22-9)21-6-7-1-3-8(4-2-7)14(19)20/h1-4,9-13,15-18H,5-6H2/t9-,10-,11+,12+,13?/m1/s1. The van der Waals surface area contributed by atoms with Crippen LogP contribution in [0.5, 0.6) is 0 Å². The monoisotopic (exact) mass is 315 g/mol. The van der Waals surface area contributed by atoms with E-state index >= 15 is 0 Å². The Balaban J connectivity index is 1.96. The first kappa shape index (κ1) is 16.7. The molecule has 122 valence electrons. The van der Waals surface area contributed by atoms with E-state index in [9.17, 15) is 25.4 Å². The van der Waals surface area contributed by atoms with E-state index in [0.717, 1.165) is 0 Å². The number of aliphatic hydroxyl groups is 4. The van der Waals surface area contributed by atoms with Gasteiger partial charge in [-0.15, -0.1) is 0 Å². The summed E-state index contributed by atoms with van der Waals surface area (Å²) in [6.45, 7) is -0.566. The van der Waals surface area contributed by atoms with Crippen molar-refractivity contribution in [2.24, 2.45) is 0 Å². The van der Waals surface area contributed by atoms with Crippen LogP contribution in [-0.4, -0.2) is 62.7 Å². The van der Waals surface area contributed by atoms with Crippen molar-refractivity contribution in [3.63, 3.8) is 0 Å². The van der Waals surface area contributed by atoms with Crippen molar-refractivity contribution < 1.29 is 34.8 Å². The fourth-order valence-electron chi connectivity index (χ4n) is 2.10. The maximum atomic E-state index is 10.5. The first-order valence-corrected chi connectivity index (χ1v) is 6.59. The molecule has 0 bridgehead atoms. The van der Waals surface area contributed by atoms with Crippen LogP contribution in [0.2, 0.25) is 0 Å². The second-order valence-corrected chi connectivity index (χ2v) is 4.93. The Hall–Kier alpha value is -1.62. The molecule has 1 aliphatic heterocycles. The van der Waals surface area contributed by atoms with Crippen molar-refractivity contribution in [2.45, 2.75) is 37.3 Å². The van der Waals surface area contributed by atoms with Crippen molar-refractivity contribution in [2.75, 3.05) is 6.61 Å². The van der Waals surface area contributed by atoms with Gasteiger partial charge in [-0.2, -0.15) is 0 Å². The summed E-state index contributed by atoms with van der Waals surface area (Å²) in [5.74, 6) is 0. The van der Waals surface area contributed by atoms with Crippen LogP contribution in [0.15, 0.2) is 24.3 Å². The Bertz CT molecular complexity index is 505. The van der Waals surface area contributed by atoms with Gasteiger partial charge < -0.3 is 29.9 Å². The zero-order valence-electron chi connectivity index (χ0n) is 11.5. The molecule has 0 amide bonds. The molecular weight excluding hydrogens is 298 g/mol. The Morgan fingerprint density at radius 1 is 1.14 bits per heavy atom. The molecule has 0 aliphatic carbocycles. The van der Waals surface area contributed by atoms with E-state index in [-0.39, 0.29) is 12.3 Å². The molecule has 0 aromatic heterocycles. The van der Waals surface area contributed by atoms with E-state index in [1.165, 1.54) is 24.3 Å². The third kappa shape index (κ3) is 3.58. The predicted octanol–water partition coefficient (Wildman–Crippen LogP) is -1.09. The molecular formula is C13H17NO8. The zero-order valence-corrected chi connectivity index (χ0v) is 11.5. The van der Waals surface area contributed by atoms with Gasteiger partial charge in [0, 0.05) is 12.1 Å². The van der Waals surface area contributed by atoms with Crippen LogP contribution in [0.1, 0.15) is 5.56 Å². The Labute approximate surface area is 125 Å². The average molecular weight is 315 g/mol. The maximum Gasteiger partial charge on any atom is 0.269 e. The Kier molecular flexibility index (Phi) is 5.40. The van der Waals surface area contributed by atoms with Gasteiger partial charge in [-0.3, -0.25) is 10.1 Å². The summed E-state index contributed by atoms with van der Waals surface area (Å²) in [6.07, 6.45) is -6.70. The van der Waals surface area contributed by atoms with Crippen LogP contribution in [0, 0.1) is 10.1 Å². The van der Waals surface area contributed by atoms with Gasteiger partial charge in [-0.1, -0.05) is 0 Å². The quantitative estimate of drug-likeness (QED) is 0.396. The lowest BCUT2D eigenvalue weighted by molar-refractivity contribution is -0.384. The number of hydrogen-bond acceptors (Lipinski definition) is 8. The zero-order chi connectivity index (χ0) is 16.3. The number of non-ortho nitro benzene ring substituents is 1. The van der Waals surface area contributed by atoms with Gasteiger partial charge in [-0.25, -0.2) is 0 Å². The van der Waals surface area contributed by atoms with Crippen molar-refractivity contribution >= 4 is 5.69 Å². The lowest BCUT2D eigenvalue weighted by Crippen LogP contribution is -2.59. The smallest absolute Gasteiger partial charge is 0.269 e. The summed E-state index contributed by atoms with van der Waals surface area (Å²) >= 11 is 0. The van der Waals surface area contributed by atoms with Crippen molar-refractivity contribution in [3.05, 3.63) is 39.9 Å². The fourth-order valence-corrected chi connectivity index (χ4v) is 2.10. The molecule has 9 heteroatoms. The summed E-state index contributed by atoms with van der Waals surface area (Å²) in [6, 6.07) is 5.60. The average Bonchev–Trinajstić information content (AvgIpc) is 2.52. The van der Waals surface area contributed by atoms with E-state index in [1.54, 1.807) is 0 Å². The summed E-state index contributed by atoms with van der Waals surface area (Å²) in [4.78, 5) is 10.0. The largest absolute Gasteiger partial charge is 0.394 e. The molecule has 0 spiro atoms. The summed E-state index contributed by atoms with van der Waals surface area (Å²) in [5.41, 5.74) is 0.541. The summed E-state index contributed by atoms with van der Waals surface area (Å²) < 4.78 is 10.5. The second kappa shape index (κ2) is 7.09. The van der Waals surface area contributed by atoms with Gasteiger partial charge >= 0.3 is 0 Å². The highest BCUT2D eigenvalue weighted by Crippen LogP contribution is 2.23. The molecule has 1 aromatic carbocycles. The Morgan fingerprint density at radius 3 is 2.32 bits per heavy atom. The molecule has 5 atom stereocenters. The molecule has 1 heterocycles. The lowest BCUT2D eigenvalue weighted by Gasteiger charge is -2.39. The molecule has 1 unspecified atom stereocenters. The second-order valence-electron chi connectivity index (χ2n) is 4.93. The van der Waals surface area contributed by atoms with E-state index in [1.807, 2.05) is 0 Å². The number of aliphatic hydroxyl groups excluding tert-OH is 4. The topological polar surface area (TPSA) is 143 Å². The molecule has 1 aromatic rings. The van der Waals surface area contributed by atoms with Crippen LogP contribution in [0.3, 0.4) is 0 Å². The third-order valence-corrected chi connectivity index (χ3v) is 3.41. The van der Waals surface area contributed by atoms with Crippen molar-refractivity contribution in [1.29, 1.82) is 0 Å². The molecule has 1 aliphatic rings. The predicted molar refractivity (Wildman–Crippen MR) is 71.7 cm³/mol. The van der Waals surface area contributed by atoms with Crippen LogP contribution in [-0.2, 0) is 16.1 Å². The molecule has 4 N–H and O–H groups in total. The minimum atomic E-state index is -1.51. The SMILES string of the molecule is O=[N+]([O-])c1ccc(COC2O[C@H](CO)[C@@H](O)[C@H](O)[C@@H]2O)cc1. The number of nitro benzene ring substituents is 1. The van der Waals surface area contributed by atoms with Gasteiger partial charge in [0.05, 0.1) is 18.1 Å².